The van der Waals surface area contributed by atoms with Crippen molar-refractivity contribution in [3.8, 4) is 6.07 Å². The van der Waals surface area contributed by atoms with Gasteiger partial charge in [-0.1, -0.05) is 30.3 Å². The van der Waals surface area contributed by atoms with Crippen LogP contribution in [0.5, 0.6) is 0 Å². The molecular weight excluding hydrogens is 376 g/mol. The summed E-state index contributed by atoms with van der Waals surface area (Å²) in [5.41, 5.74) is 3.47. The number of anilines is 4. The van der Waals surface area contributed by atoms with E-state index in [1.54, 1.807) is 24.3 Å². The fourth-order valence-corrected chi connectivity index (χ4v) is 2.66. The van der Waals surface area contributed by atoms with Crippen molar-refractivity contribution in [3.63, 3.8) is 0 Å². The summed E-state index contributed by atoms with van der Waals surface area (Å²) in [4.78, 5) is 23.8. The molecule has 0 atom stereocenters. The van der Waals surface area contributed by atoms with E-state index >= 15 is 0 Å². The molecule has 3 aromatic rings. The van der Waals surface area contributed by atoms with Crippen LogP contribution in [0.2, 0.25) is 0 Å². The van der Waals surface area contributed by atoms with Crippen LogP contribution < -0.4 is 16.0 Å². The number of nitriles is 1. The highest BCUT2D eigenvalue weighted by Crippen LogP contribution is 2.19. The molecule has 0 spiro atoms. The number of hydrogen-bond donors (Lipinski definition) is 3. The number of para-hydroxylation sites is 1. The number of amides is 1. The molecule has 0 fully saturated rings. The Labute approximate surface area is 174 Å². The molecule has 6 nitrogen and oxygen atoms in total. The van der Waals surface area contributed by atoms with Crippen LogP contribution >= 0.6 is 0 Å². The average molecular weight is 396 g/mol. The van der Waals surface area contributed by atoms with Crippen LogP contribution in [0.3, 0.4) is 0 Å². The lowest BCUT2D eigenvalue weighted by Gasteiger charge is -2.08. The smallest absolute Gasteiger partial charge is 0.267 e. The summed E-state index contributed by atoms with van der Waals surface area (Å²) in [5.74, 6) is -0.665. The first-order chi connectivity index (χ1) is 14.5. The summed E-state index contributed by atoms with van der Waals surface area (Å²) in [7, 11) is 0. The highest BCUT2D eigenvalue weighted by molar-refractivity contribution is 6.07. The molecule has 3 rings (SSSR count). The third-order valence-electron chi connectivity index (χ3n) is 4.22. The molecule has 30 heavy (non-hydrogen) atoms. The van der Waals surface area contributed by atoms with Gasteiger partial charge in [-0.15, -0.1) is 0 Å². The largest absolute Gasteiger partial charge is 0.360 e. The minimum Gasteiger partial charge on any atom is -0.360 e. The molecule has 0 bridgehead atoms. The van der Waals surface area contributed by atoms with Gasteiger partial charge in [0.25, 0.3) is 5.91 Å². The Morgan fingerprint density at radius 2 is 1.47 bits per heavy atom. The zero-order chi connectivity index (χ0) is 21.3. The van der Waals surface area contributed by atoms with E-state index in [1.165, 1.54) is 13.1 Å². The summed E-state index contributed by atoms with van der Waals surface area (Å²) in [5, 5.41) is 18.2. The van der Waals surface area contributed by atoms with Crippen LogP contribution in [0, 0.1) is 11.3 Å². The second kappa shape index (κ2) is 9.71. The number of carbonyl (C=O) groups excluding carboxylic acids is 2. The number of nitrogens with zero attached hydrogens (tertiary/aromatic N) is 1. The minimum absolute atomic E-state index is 0.0882. The predicted molar refractivity (Wildman–Crippen MR) is 119 cm³/mol. The quantitative estimate of drug-likeness (QED) is 0.294. The molecule has 1 amide bonds. The third kappa shape index (κ3) is 5.57. The number of Topliss-reactive ketones (excluding diaryl/α,β-unsaturated/α-hetero) is 1. The fourth-order valence-electron chi connectivity index (χ4n) is 2.66. The zero-order valence-electron chi connectivity index (χ0n) is 16.3. The zero-order valence-corrected chi connectivity index (χ0v) is 16.3. The monoisotopic (exact) mass is 396 g/mol. The van der Waals surface area contributed by atoms with Gasteiger partial charge in [0.1, 0.15) is 11.6 Å². The van der Waals surface area contributed by atoms with Crippen LogP contribution in [0.1, 0.15) is 17.3 Å². The summed E-state index contributed by atoms with van der Waals surface area (Å²) in [6.45, 7) is 1.45. The number of hydrogen-bond acceptors (Lipinski definition) is 5. The second-order valence-corrected chi connectivity index (χ2v) is 6.47. The Bertz CT molecular complexity index is 1110. The van der Waals surface area contributed by atoms with Gasteiger partial charge >= 0.3 is 0 Å². The number of carbonyl (C=O) groups is 2. The lowest BCUT2D eigenvalue weighted by molar-refractivity contribution is -0.112. The van der Waals surface area contributed by atoms with Crippen molar-refractivity contribution >= 4 is 34.4 Å². The van der Waals surface area contributed by atoms with Gasteiger partial charge in [-0.2, -0.15) is 5.26 Å². The van der Waals surface area contributed by atoms with Gasteiger partial charge in [0.2, 0.25) is 0 Å². The summed E-state index contributed by atoms with van der Waals surface area (Å²) < 4.78 is 0. The first-order valence-corrected chi connectivity index (χ1v) is 9.26. The van der Waals surface area contributed by atoms with Crippen molar-refractivity contribution < 1.29 is 9.59 Å². The molecule has 0 aliphatic carbocycles. The van der Waals surface area contributed by atoms with E-state index in [4.69, 9.17) is 0 Å². The van der Waals surface area contributed by atoms with Crippen LogP contribution in [0.15, 0.2) is 90.6 Å². The highest BCUT2D eigenvalue weighted by Gasteiger charge is 2.10. The highest BCUT2D eigenvalue weighted by atomic mass is 16.1. The SMILES string of the molecule is CC(=O)c1cccc(NC(=O)/C(C#N)=C\Nc2ccc(Nc3ccccc3)cc2)c1. The normalized spacial score (nSPS) is 10.6. The number of benzene rings is 3. The van der Waals surface area contributed by atoms with Crippen molar-refractivity contribution in [2.75, 3.05) is 16.0 Å². The van der Waals surface area contributed by atoms with E-state index in [9.17, 15) is 14.9 Å². The van der Waals surface area contributed by atoms with Crippen molar-refractivity contribution in [1.82, 2.24) is 0 Å². The van der Waals surface area contributed by atoms with Crippen molar-refractivity contribution in [3.05, 3.63) is 96.2 Å². The number of nitrogens with one attached hydrogen (secondary N) is 3. The van der Waals surface area contributed by atoms with Crippen molar-refractivity contribution in [1.29, 1.82) is 5.26 Å². The average Bonchev–Trinajstić information content (AvgIpc) is 2.76. The van der Waals surface area contributed by atoms with Gasteiger partial charge in [-0.3, -0.25) is 9.59 Å². The third-order valence-corrected chi connectivity index (χ3v) is 4.22. The molecule has 0 heterocycles. The van der Waals surface area contributed by atoms with Gasteiger partial charge in [0, 0.05) is 34.5 Å². The molecule has 0 aromatic heterocycles. The predicted octanol–water partition coefficient (Wildman–Crippen LogP) is 5.09. The summed E-state index contributed by atoms with van der Waals surface area (Å²) in [6, 6.07) is 25.7. The molecule has 148 valence electrons. The number of ketones is 1. The molecule has 6 heteroatoms. The summed E-state index contributed by atoms with van der Waals surface area (Å²) in [6.07, 6.45) is 1.35. The maximum Gasteiger partial charge on any atom is 0.267 e. The van der Waals surface area contributed by atoms with Gasteiger partial charge in [-0.05, 0) is 55.5 Å². The number of rotatable bonds is 7. The Morgan fingerprint density at radius 3 is 2.13 bits per heavy atom. The van der Waals surface area contributed by atoms with E-state index in [0.717, 1.165) is 17.1 Å². The molecule has 3 aromatic carbocycles. The van der Waals surface area contributed by atoms with E-state index in [0.29, 0.717) is 11.3 Å². The van der Waals surface area contributed by atoms with Crippen LogP contribution in [0.4, 0.5) is 22.7 Å². The Balaban J connectivity index is 1.63. The van der Waals surface area contributed by atoms with Gasteiger partial charge in [0.05, 0.1) is 0 Å². The fraction of sp³-hybridized carbons (Fsp3) is 0.0417. The van der Waals surface area contributed by atoms with Crippen LogP contribution in [-0.4, -0.2) is 11.7 Å². The first-order valence-electron chi connectivity index (χ1n) is 9.26. The Morgan fingerprint density at radius 1 is 0.833 bits per heavy atom. The Hall–Kier alpha value is -4.37. The molecule has 0 saturated heterocycles. The summed E-state index contributed by atoms with van der Waals surface area (Å²) >= 11 is 0. The van der Waals surface area contributed by atoms with Crippen LogP contribution in [-0.2, 0) is 4.79 Å². The van der Waals surface area contributed by atoms with Crippen LogP contribution in [0.25, 0.3) is 0 Å². The van der Waals surface area contributed by atoms with Gasteiger partial charge in [0.15, 0.2) is 5.78 Å². The molecule has 0 unspecified atom stereocenters. The van der Waals surface area contributed by atoms with Crippen molar-refractivity contribution in [2.45, 2.75) is 6.92 Å². The molecule has 0 saturated carbocycles. The van der Waals surface area contributed by atoms with E-state index in [1.807, 2.05) is 60.7 Å². The topological polar surface area (TPSA) is 94.0 Å². The van der Waals surface area contributed by atoms with Crippen molar-refractivity contribution in [2.24, 2.45) is 0 Å². The molecule has 0 aliphatic rings. The van der Waals surface area contributed by atoms with E-state index < -0.39 is 5.91 Å². The molecule has 0 radical (unpaired) electrons. The van der Waals surface area contributed by atoms with E-state index in [2.05, 4.69) is 16.0 Å². The lowest BCUT2D eigenvalue weighted by Crippen LogP contribution is -2.14. The van der Waals surface area contributed by atoms with Gasteiger partial charge < -0.3 is 16.0 Å². The molecular formula is C24H20N4O2. The maximum atomic E-state index is 12.4. The molecule has 3 N–H and O–H groups in total. The Kier molecular flexibility index (Phi) is 6.59. The molecule has 0 aliphatic heterocycles. The standard InChI is InChI=1S/C24H20N4O2/c1-17(29)18-6-5-9-23(14-18)28-24(30)19(15-25)16-26-20-10-12-22(13-11-20)27-21-7-3-2-4-8-21/h2-14,16,26-27H,1H3,(H,28,30)/b19-16-. The minimum atomic E-state index is -0.562. The van der Waals surface area contributed by atoms with E-state index in [-0.39, 0.29) is 11.4 Å². The van der Waals surface area contributed by atoms with Gasteiger partial charge in [-0.25, -0.2) is 0 Å². The second-order valence-electron chi connectivity index (χ2n) is 6.47. The lowest BCUT2D eigenvalue weighted by atomic mass is 10.1. The first kappa shape index (κ1) is 20.4. The maximum absolute atomic E-state index is 12.4.